The van der Waals surface area contributed by atoms with Crippen molar-refractivity contribution in [2.75, 3.05) is 24.3 Å². The molecule has 0 saturated heterocycles. The van der Waals surface area contributed by atoms with Gasteiger partial charge in [-0.25, -0.2) is 0 Å². The van der Waals surface area contributed by atoms with Crippen LogP contribution in [0.25, 0.3) is 0 Å². The molecule has 0 unspecified atom stereocenters. The number of rotatable bonds is 4. The van der Waals surface area contributed by atoms with Gasteiger partial charge < -0.3 is 14.8 Å². The van der Waals surface area contributed by atoms with Gasteiger partial charge in [-0.05, 0) is 19.1 Å². The summed E-state index contributed by atoms with van der Waals surface area (Å²) in [5, 5.41) is 3.25. The zero-order valence-corrected chi connectivity index (χ0v) is 14.2. The third-order valence-corrected chi connectivity index (χ3v) is 4.62. The molecule has 0 spiro atoms. The van der Waals surface area contributed by atoms with Crippen LogP contribution in [0.3, 0.4) is 0 Å². The molecule has 2 aromatic rings. The molecule has 4 nitrogen and oxygen atoms in total. The molecule has 2 aromatic carbocycles. The summed E-state index contributed by atoms with van der Waals surface area (Å²) in [6.45, 7) is 3.03. The molecular formula is C17H16ClNO3S. The topological polar surface area (TPSA) is 47.6 Å². The molecule has 120 valence electrons. The maximum Gasteiger partial charge on any atom is 0.234 e. The highest BCUT2D eigenvalue weighted by Crippen LogP contribution is 2.38. The standard InChI is InChI=1S/C17H16ClNO3S/c1-11-2-4-12(5-3-11)23-10-17(20)19-14-9-16-15(8-13(14)18)21-6-7-22-16/h2-5,8-9H,6-7,10H2,1H3,(H,19,20). The SMILES string of the molecule is Cc1ccc(SCC(=O)Nc2cc3c(cc2Cl)OCCO3)cc1. The summed E-state index contributed by atoms with van der Waals surface area (Å²) in [5.41, 5.74) is 1.73. The van der Waals surface area contributed by atoms with Gasteiger partial charge in [0.25, 0.3) is 0 Å². The van der Waals surface area contributed by atoms with Gasteiger partial charge in [-0.1, -0.05) is 29.3 Å². The Morgan fingerprint density at radius 2 is 1.83 bits per heavy atom. The van der Waals surface area contributed by atoms with Gasteiger partial charge in [-0.2, -0.15) is 0 Å². The average molecular weight is 350 g/mol. The lowest BCUT2D eigenvalue weighted by atomic mass is 10.2. The molecule has 1 N–H and O–H groups in total. The van der Waals surface area contributed by atoms with E-state index in [9.17, 15) is 4.79 Å². The van der Waals surface area contributed by atoms with Gasteiger partial charge >= 0.3 is 0 Å². The van der Waals surface area contributed by atoms with Gasteiger partial charge in [0.2, 0.25) is 5.91 Å². The zero-order valence-electron chi connectivity index (χ0n) is 12.6. The Labute approximate surface area is 144 Å². The first-order valence-corrected chi connectivity index (χ1v) is 8.56. The molecule has 0 bridgehead atoms. The van der Waals surface area contributed by atoms with Crippen molar-refractivity contribution in [3.05, 3.63) is 47.0 Å². The van der Waals surface area contributed by atoms with Crippen LogP contribution in [0.4, 0.5) is 5.69 Å². The molecule has 0 radical (unpaired) electrons. The van der Waals surface area contributed by atoms with E-state index in [1.54, 1.807) is 12.1 Å². The molecule has 0 aromatic heterocycles. The fourth-order valence-electron chi connectivity index (χ4n) is 2.13. The van der Waals surface area contributed by atoms with Crippen LogP contribution in [-0.2, 0) is 4.79 Å². The first kappa shape index (κ1) is 16.0. The summed E-state index contributed by atoms with van der Waals surface area (Å²) in [5.74, 6) is 1.40. The molecule has 0 saturated carbocycles. The van der Waals surface area contributed by atoms with Gasteiger partial charge in [0.15, 0.2) is 11.5 Å². The van der Waals surface area contributed by atoms with E-state index in [-0.39, 0.29) is 5.91 Å². The molecule has 1 heterocycles. The maximum absolute atomic E-state index is 12.1. The van der Waals surface area contributed by atoms with Crippen LogP contribution in [0.1, 0.15) is 5.56 Å². The number of thioether (sulfide) groups is 1. The summed E-state index contributed by atoms with van der Waals surface area (Å²) in [4.78, 5) is 13.2. The van der Waals surface area contributed by atoms with Crippen molar-refractivity contribution in [3.63, 3.8) is 0 Å². The van der Waals surface area contributed by atoms with Gasteiger partial charge in [0.05, 0.1) is 16.5 Å². The van der Waals surface area contributed by atoms with Gasteiger partial charge in [0, 0.05) is 17.0 Å². The lowest BCUT2D eigenvalue weighted by Gasteiger charge is -2.20. The Hall–Kier alpha value is -1.85. The summed E-state index contributed by atoms with van der Waals surface area (Å²) < 4.78 is 11.0. The summed E-state index contributed by atoms with van der Waals surface area (Å²) in [6.07, 6.45) is 0. The highest BCUT2D eigenvalue weighted by atomic mass is 35.5. The van der Waals surface area contributed by atoms with Gasteiger partial charge in [-0.15, -0.1) is 11.8 Å². The normalized spacial score (nSPS) is 12.8. The van der Waals surface area contributed by atoms with Crippen molar-refractivity contribution in [3.8, 4) is 11.5 Å². The average Bonchev–Trinajstić information content (AvgIpc) is 2.55. The number of hydrogen-bond acceptors (Lipinski definition) is 4. The van der Waals surface area contributed by atoms with E-state index in [0.717, 1.165) is 4.90 Å². The third kappa shape index (κ3) is 4.12. The number of nitrogens with one attached hydrogen (secondary N) is 1. The van der Waals surface area contributed by atoms with Crippen molar-refractivity contribution in [2.45, 2.75) is 11.8 Å². The molecule has 0 fully saturated rings. The smallest absolute Gasteiger partial charge is 0.234 e. The van der Waals surface area contributed by atoms with Crippen molar-refractivity contribution < 1.29 is 14.3 Å². The number of benzene rings is 2. The highest BCUT2D eigenvalue weighted by Gasteiger charge is 2.16. The summed E-state index contributed by atoms with van der Waals surface area (Å²) >= 11 is 7.66. The lowest BCUT2D eigenvalue weighted by Crippen LogP contribution is -2.17. The number of aryl methyl sites for hydroxylation is 1. The predicted molar refractivity (Wildman–Crippen MR) is 93.0 cm³/mol. The number of anilines is 1. The Morgan fingerprint density at radius 3 is 2.52 bits per heavy atom. The molecule has 1 amide bonds. The largest absolute Gasteiger partial charge is 0.486 e. The second-order valence-electron chi connectivity index (χ2n) is 5.13. The van der Waals surface area contributed by atoms with Crippen LogP contribution >= 0.6 is 23.4 Å². The van der Waals surface area contributed by atoms with E-state index in [4.69, 9.17) is 21.1 Å². The molecular weight excluding hydrogens is 334 g/mol. The number of amides is 1. The minimum absolute atomic E-state index is 0.117. The predicted octanol–water partition coefficient (Wildman–Crippen LogP) is 4.15. The van der Waals surface area contributed by atoms with E-state index in [1.165, 1.54) is 17.3 Å². The Balaban J connectivity index is 1.62. The second-order valence-corrected chi connectivity index (χ2v) is 6.58. The molecule has 6 heteroatoms. The highest BCUT2D eigenvalue weighted by molar-refractivity contribution is 8.00. The Bertz CT molecular complexity index is 719. The quantitative estimate of drug-likeness (QED) is 0.842. The fraction of sp³-hybridized carbons (Fsp3) is 0.235. The number of ether oxygens (including phenoxy) is 2. The summed E-state index contributed by atoms with van der Waals surface area (Å²) in [7, 11) is 0. The van der Waals surface area contributed by atoms with Crippen LogP contribution in [0.15, 0.2) is 41.3 Å². The second kappa shape index (κ2) is 7.15. The van der Waals surface area contributed by atoms with E-state index >= 15 is 0 Å². The molecule has 23 heavy (non-hydrogen) atoms. The van der Waals surface area contributed by atoms with E-state index < -0.39 is 0 Å². The van der Waals surface area contributed by atoms with Crippen LogP contribution in [0.2, 0.25) is 5.02 Å². The van der Waals surface area contributed by atoms with Crippen LogP contribution in [-0.4, -0.2) is 24.9 Å². The molecule has 0 aliphatic carbocycles. The molecule has 0 atom stereocenters. The first-order chi connectivity index (χ1) is 11.1. The molecule has 3 rings (SSSR count). The number of carbonyl (C=O) groups excluding carboxylic acids is 1. The minimum atomic E-state index is -0.117. The monoisotopic (exact) mass is 349 g/mol. The van der Waals surface area contributed by atoms with E-state index in [1.807, 2.05) is 31.2 Å². The number of halogens is 1. The minimum Gasteiger partial charge on any atom is -0.486 e. The molecule has 1 aliphatic heterocycles. The first-order valence-electron chi connectivity index (χ1n) is 7.20. The Morgan fingerprint density at radius 1 is 1.17 bits per heavy atom. The fourth-order valence-corrected chi connectivity index (χ4v) is 3.03. The van der Waals surface area contributed by atoms with Crippen LogP contribution in [0, 0.1) is 6.92 Å². The van der Waals surface area contributed by atoms with Crippen LogP contribution in [0.5, 0.6) is 11.5 Å². The third-order valence-electron chi connectivity index (χ3n) is 3.30. The van der Waals surface area contributed by atoms with Gasteiger partial charge in [0.1, 0.15) is 13.2 Å². The maximum atomic E-state index is 12.1. The van der Waals surface area contributed by atoms with E-state index in [0.29, 0.717) is 41.2 Å². The van der Waals surface area contributed by atoms with Crippen molar-refractivity contribution in [2.24, 2.45) is 0 Å². The number of hydrogen-bond donors (Lipinski definition) is 1. The van der Waals surface area contributed by atoms with E-state index in [2.05, 4.69) is 5.32 Å². The zero-order chi connectivity index (χ0) is 16.2. The van der Waals surface area contributed by atoms with Crippen LogP contribution < -0.4 is 14.8 Å². The Kier molecular flexibility index (Phi) is 4.98. The van der Waals surface area contributed by atoms with Crippen molar-refractivity contribution >= 4 is 35.0 Å². The lowest BCUT2D eigenvalue weighted by molar-refractivity contribution is -0.113. The number of fused-ring (bicyclic) bond motifs is 1. The van der Waals surface area contributed by atoms with Gasteiger partial charge in [-0.3, -0.25) is 4.79 Å². The van der Waals surface area contributed by atoms with Crippen molar-refractivity contribution in [1.82, 2.24) is 0 Å². The number of carbonyl (C=O) groups is 1. The van der Waals surface area contributed by atoms with Crippen molar-refractivity contribution in [1.29, 1.82) is 0 Å². The summed E-state index contributed by atoms with van der Waals surface area (Å²) in [6, 6.07) is 11.4. The molecule has 1 aliphatic rings.